The standard InChI is InChI=1S/C20H15ClFN3O4S/c21-14-7-5-13(6-8-14)19(26)23-24-20(27)17-3-1-2-4-18(17)25-30(28,29)16-11-9-15(22)10-12-16/h1-12,25H,(H,23,26)(H,24,27). The quantitative estimate of drug-likeness (QED) is 0.521. The van der Waals surface area contributed by atoms with Crippen LogP contribution in [0.25, 0.3) is 0 Å². The van der Waals surface area contributed by atoms with Gasteiger partial charge in [-0.15, -0.1) is 0 Å². The molecule has 0 heterocycles. The van der Waals surface area contributed by atoms with Crippen molar-refractivity contribution in [1.82, 2.24) is 10.9 Å². The van der Waals surface area contributed by atoms with E-state index in [0.717, 1.165) is 24.3 Å². The number of benzene rings is 3. The van der Waals surface area contributed by atoms with Crippen LogP contribution in [0.15, 0.2) is 77.7 Å². The largest absolute Gasteiger partial charge is 0.279 e. The number of para-hydroxylation sites is 1. The lowest BCUT2D eigenvalue weighted by molar-refractivity contribution is 0.0847. The number of halogens is 2. The topological polar surface area (TPSA) is 104 Å². The molecule has 7 nitrogen and oxygen atoms in total. The molecule has 0 spiro atoms. The molecule has 3 aromatic carbocycles. The van der Waals surface area contributed by atoms with Crippen LogP contribution in [0, 0.1) is 5.82 Å². The molecule has 0 aliphatic carbocycles. The summed E-state index contributed by atoms with van der Waals surface area (Å²) in [6.07, 6.45) is 0. The van der Waals surface area contributed by atoms with E-state index in [-0.39, 0.29) is 21.7 Å². The molecular weight excluding hydrogens is 433 g/mol. The van der Waals surface area contributed by atoms with Gasteiger partial charge in [-0.3, -0.25) is 25.2 Å². The van der Waals surface area contributed by atoms with E-state index in [1.165, 1.54) is 48.5 Å². The monoisotopic (exact) mass is 447 g/mol. The van der Waals surface area contributed by atoms with E-state index in [0.29, 0.717) is 5.02 Å². The maximum absolute atomic E-state index is 13.1. The molecule has 0 saturated heterocycles. The maximum Gasteiger partial charge on any atom is 0.271 e. The third-order valence-corrected chi connectivity index (χ3v) is 5.57. The Morgan fingerprint density at radius 2 is 1.40 bits per heavy atom. The number of carbonyl (C=O) groups is 2. The number of amides is 2. The normalized spacial score (nSPS) is 10.9. The first-order valence-electron chi connectivity index (χ1n) is 8.50. The van der Waals surface area contributed by atoms with Crippen molar-refractivity contribution in [3.05, 3.63) is 94.8 Å². The Morgan fingerprint density at radius 1 is 0.800 bits per heavy atom. The van der Waals surface area contributed by atoms with Crippen molar-refractivity contribution in [3.63, 3.8) is 0 Å². The smallest absolute Gasteiger partial charge is 0.271 e. The Balaban J connectivity index is 1.74. The van der Waals surface area contributed by atoms with Crippen molar-refractivity contribution >= 4 is 39.1 Å². The predicted octanol–water partition coefficient (Wildman–Crippen LogP) is 3.35. The fourth-order valence-corrected chi connectivity index (χ4v) is 3.65. The van der Waals surface area contributed by atoms with Gasteiger partial charge in [0, 0.05) is 10.6 Å². The van der Waals surface area contributed by atoms with Crippen LogP contribution in [0.5, 0.6) is 0 Å². The van der Waals surface area contributed by atoms with Gasteiger partial charge in [-0.05, 0) is 60.7 Å². The van der Waals surface area contributed by atoms with E-state index in [1.807, 2.05) is 0 Å². The molecule has 10 heteroatoms. The second-order valence-corrected chi connectivity index (χ2v) is 8.14. The molecular formula is C20H15ClFN3O4S. The zero-order valence-electron chi connectivity index (χ0n) is 15.2. The molecule has 3 rings (SSSR count). The highest BCUT2D eigenvalue weighted by atomic mass is 35.5. The van der Waals surface area contributed by atoms with Crippen molar-refractivity contribution in [2.75, 3.05) is 4.72 Å². The fourth-order valence-electron chi connectivity index (χ4n) is 2.44. The first-order chi connectivity index (χ1) is 14.3. The number of nitrogens with one attached hydrogen (secondary N) is 3. The molecule has 3 N–H and O–H groups in total. The molecule has 2 amide bonds. The zero-order chi connectivity index (χ0) is 21.7. The second kappa shape index (κ2) is 8.93. The molecule has 0 fully saturated rings. The van der Waals surface area contributed by atoms with Gasteiger partial charge in [0.15, 0.2) is 0 Å². The van der Waals surface area contributed by atoms with Crippen LogP contribution in [-0.2, 0) is 10.0 Å². The number of anilines is 1. The number of rotatable bonds is 5. The molecule has 0 radical (unpaired) electrons. The van der Waals surface area contributed by atoms with Crippen LogP contribution in [0.2, 0.25) is 5.02 Å². The summed E-state index contributed by atoms with van der Waals surface area (Å²) in [7, 11) is -4.06. The van der Waals surface area contributed by atoms with Gasteiger partial charge in [-0.25, -0.2) is 12.8 Å². The molecule has 0 aliphatic heterocycles. The summed E-state index contributed by atoms with van der Waals surface area (Å²) < 4.78 is 40.4. The summed E-state index contributed by atoms with van der Waals surface area (Å²) in [6.45, 7) is 0. The molecule has 0 aromatic heterocycles. The van der Waals surface area contributed by atoms with Gasteiger partial charge < -0.3 is 0 Å². The maximum atomic E-state index is 13.1. The number of hydrazine groups is 1. The third kappa shape index (κ3) is 5.13. The molecule has 0 bridgehead atoms. The summed E-state index contributed by atoms with van der Waals surface area (Å²) >= 11 is 5.77. The van der Waals surface area contributed by atoms with Gasteiger partial charge >= 0.3 is 0 Å². The van der Waals surface area contributed by atoms with Crippen molar-refractivity contribution in [2.24, 2.45) is 0 Å². The van der Waals surface area contributed by atoms with E-state index in [4.69, 9.17) is 11.6 Å². The minimum atomic E-state index is -4.06. The lowest BCUT2D eigenvalue weighted by Gasteiger charge is -2.13. The van der Waals surface area contributed by atoms with Crippen LogP contribution >= 0.6 is 11.6 Å². The summed E-state index contributed by atoms with van der Waals surface area (Å²) in [6, 6.07) is 16.1. The third-order valence-electron chi connectivity index (χ3n) is 3.94. The van der Waals surface area contributed by atoms with Crippen molar-refractivity contribution in [2.45, 2.75) is 4.90 Å². The van der Waals surface area contributed by atoms with Gasteiger partial charge in [0.1, 0.15) is 5.82 Å². The molecule has 0 atom stereocenters. The van der Waals surface area contributed by atoms with E-state index >= 15 is 0 Å². The first kappa shape index (κ1) is 21.3. The highest BCUT2D eigenvalue weighted by Gasteiger charge is 2.19. The lowest BCUT2D eigenvalue weighted by atomic mass is 10.2. The van der Waals surface area contributed by atoms with E-state index in [1.54, 1.807) is 0 Å². The molecule has 0 aliphatic rings. The van der Waals surface area contributed by atoms with E-state index in [9.17, 15) is 22.4 Å². The average Bonchev–Trinajstić information content (AvgIpc) is 2.72. The van der Waals surface area contributed by atoms with Crippen LogP contribution in [0.3, 0.4) is 0 Å². The van der Waals surface area contributed by atoms with Gasteiger partial charge in [-0.1, -0.05) is 23.7 Å². The number of carbonyl (C=O) groups excluding carboxylic acids is 2. The van der Waals surface area contributed by atoms with Gasteiger partial charge in [0.05, 0.1) is 16.1 Å². The molecule has 154 valence electrons. The Morgan fingerprint density at radius 3 is 2.07 bits per heavy atom. The molecule has 0 saturated carbocycles. The Hall–Kier alpha value is -3.43. The Bertz CT molecular complexity index is 1180. The SMILES string of the molecule is O=C(NNC(=O)c1ccccc1NS(=O)(=O)c1ccc(F)cc1)c1ccc(Cl)cc1. The summed E-state index contributed by atoms with van der Waals surface area (Å²) in [5.41, 5.74) is 4.70. The van der Waals surface area contributed by atoms with Gasteiger partial charge in [-0.2, -0.15) is 0 Å². The van der Waals surface area contributed by atoms with E-state index in [2.05, 4.69) is 15.6 Å². The zero-order valence-corrected chi connectivity index (χ0v) is 16.8. The molecule has 30 heavy (non-hydrogen) atoms. The van der Waals surface area contributed by atoms with E-state index < -0.39 is 27.7 Å². The Kier molecular flexibility index (Phi) is 6.34. The highest BCUT2D eigenvalue weighted by Crippen LogP contribution is 2.20. The van der Waals surface area contributed by atoms with Crippen molar-refractivity contribution in [1.29, 1.82) is 0 Å². The average molecular weight is 448 g/mol. The molecule has 3 aromatic rings. The van der Waals surface area contributed by atoms with Crippen LogP contribution < -0.4 is 15.6 Å². The van der Waals surface area contributed by atoms with Crippen molar-refractivity contribution in [3.8, 4) is 0 Å². The van der Waals surface area contributed by atoms with Crippen LogP contribution in [0.4, 0.5) is 10.1 Å². The number of hydrogen-bond donors (Lipinski definition) is 3. The summed E-state index contributed by atoms with van der Waals surface area (Å²) in [4.78, 5) is 24.4. The lowest BCUT2D eigenvalue weighted by Crippen LogP contribution is -2.41. The van der Waals surface area contributed by atoms with Gasteiger partial charge in [0.2, 0.25) is 0 Å². The summed E-state index contributed by atoms with van der Waals surface area (Å²) in [5, 5.41) is 0.456. The number of hydrogen-bond acceptors (Lipinski definition) is 4. The molecule has 0 unspecified atom stereocenters. The predicted molar refractivity (Wildman–Crippen MR) is 110 cm³/mol. The van der Waals surface area contributed by atoms with Gasteiger partial charge in [0.25, 0.3) is 21.8 Å². The number of sulfonamides is 1. The fraction of sp³-hybridized carbons (Fsp3) is 0. The highest BCUT2D eigenvalue weighted by molar-refractivity contribution is 7.92. The minimum Gasteiger partial charge on any atom is -0.279 e. The first-order valence-corrected chi connectivity index (χ1v) is 10.4. The van der Waals surface area contributed by atoms with Crippen molar-refractivity contribution < 1.29 is 22.4 Å². The minimum absolute atomic E-state index is 0.0138. The van der Waals surface area contributed by atoms with Crippen LogP contribution in [-0.4, -0.2) is 20.2 Å². The second-order valence-electron chi connectivity index (χ2n) is 6.02. The Labute approximate surface area is 176 Å². The van der Waals surface area contributed by atoms with Crippen LogP contribution in [0.1, 0.15) is 20.7 Å². The summed E-state index contributed by atoms with van der Waals surface area (Å²) in [5.74, 6) is -1.90.